The molecule has 2 aromatic rings. The van der Waals surface area contributed by atoms with Crippen molar-refractivity contribution in [2.45, 2.75) is 68.6 Å². The molecule has 2 bridgehead atoms. The van der Waals surface area contributed by atoms with E-state index in [2.05, 4.69) is 79.5 Å². The van der Waals surface area contributed by atoms with E-state index < -0.39 is 0 Å². The fourth-order valence-corrected chi connectivity index (χ4v) is 8.24. The molecule has 1 aromatic carbocycles. The van der Waals surface area contributed by atoms with Gasteiger partial charge in [0.1, 0.15) is 0 Å². The van der Waals surface area contributed by atoms with Crippen molar-refractivity contribution in [3.8, 4) is 0 Å². The van der Waals surface area contributed by atoms with Gasteiger partial charge in [-0.2, -0.15) is 0 Å². The maximum atomic E-state index is 7.37. The van der Waals surface area contributed by atoms with E-state index in [0.717, 1.165) is 24.8 Å². The third kappa shape index (κ3) is 2.61. The zero-order valence-electron chi connectivity index (χ0n) is 20.1. The average molecular weight is 439 g/mol. The van der Waals surface area contributed by atoms with E-state index in [0.29, 0.717) is 17.9 Å². The molecule has 3 heterocycles. The smallest absolute Gasteiger partial charge is 0.0975 e. The van der Waals surface area contributed by atoms with Crippen LogP contribution in [0, 0.1) is 11.3 Å². The van der Waals surface area contributed by atoms with Gasteiger partial charge in [-0.1, -0.05) is 49.4 Å². The van der Waals surface area contributed by atoms with Crippen molar-refractivity contribution in [3.05, 3.63) is 77.5 Å². The number of pyridine rings is 1. The summed E-state index contributed by atoms with van der Waals surface area (Å²) in [7, 11) is 4.38. The molecule has 5 aliphatic rings. The largest absolute Gasteiger partial charge is 0.359 e. The van der Waals surface area contributed by atoms with E-state index in [1.54, 1.807) is 0 Å². The molecule has 6 atom stereocenters. The Morgan fingerprint density at radius 3 is 2.88 bits per heavy atom. The van der Waals surface area contributed by atoms with Gasteiger partial charge in [0.15, 0.2) is 0 Å². The molecule has 2 aliphatic heterocycles. The monoisotopic (exact) mass is 438 g/mol. The van der Waals surface area contributed by atoms with Crippen LogP contribution in [0.4, 0.5) is 0 Å². The summed E-state index contributed by atoms with van der Waals surface area (Å²) in [6.45, 7) is 2.55. The molecule has 3 heteroatoms. The molecule has 0 radical (unpaired) electrons. The fraction of sp³-hybridized carbons (Fsp3) is 0.500. The minimum atomic E-state index is -0.0949. The molecule has 7 rings (SSSR count). The average Bonchev–Trinajstić information content (AvgIpc) is 3.33. The van der Waals surface area contributed by atoms with Crippen LogP contribution in [0.3, 0.4) is 0 Å². The molecule has 170 valence electrons. The fourth-order valence-electron chi connectivity index (χ4n) is 8.24. The lowest BCUT2D eigenvalue weighted by atomic mass is 9.58. The number of allylic oxidation sites excluding steroid dienone is 1. The number of likely N-dealkylation sites (N-methyl/N-ethyl adjacent to an activating group) is 1. The van der Waals surface area contributed by atoms with Crippen LogP contribution in [0.25, 0.3) is 10.9 Å². The van der Waals surface area contributed by atoms with Crippen molar-refractivity contribution in [2.24, 2.45) is 11.3 Å². The minimum Gasteiger partial charge on any atom is -0.359 e. The Kier molecular flexibility index (Phi) is 4.08. The maximum absolute atomic E-state index is 7.37. The highest BCUT2D eigenvalue weighted by Gasteiger charge is 2.66. The van der Waals surface area contributed by atoms with Crippen LogP contribution in [-0.2, 0) is 4.74 Å². The summed E-state index contributed by atoms with van der Waals surface area (Å²) < 4.78 is 7.37. The summed E-state index contributed by atoms with van der Waals surface area (Å²) in [4.78, 5) is 6.99. The van der Waals surface area contributed by atoms with Crippen molar-refractivity contribution in [2.75, 3.05) is 14.1 Å². The second kappa shape index (κ2) is 6.67. The zero-order chi connectivity index (χ0) is 22.4. The third-order valence-electron chi connectivity index (χ3n) is 10.00. The Labute approximate surface area is 197 Å². The highest BCUT2D eigenvalue weighted by Crippen LogP contribution is 2.69. The van der Waals surface area contributed by atoms with Crippen LogP contribution in [0.1, 0.15) is 56.9 Å². The first-order valence-electron chi connectivity index (χ1n) is 12.8. The predicted octanol–water partition coefficient (Wildman–Crippen LogP) is 6.18. The highest BCUT2D eigenvalue weighted by atomic mass is 16.5. The normalized spacial score (nSPS) is 40.9. The van der Waals surface area contributed by atoms with E-state index in [-0.39, 0.29) is 16.6 Å². The quantitative estimate of drug-likeness (QED) is 0.560. The van der Waals surface area contributed by atoms with Crippen molar-refractivity contribution in [1.82, 2.24) is 9.88 Å². The van der Waals surface area contributed by atoms with Gasteiger partial charge in [0.25, 0.3) is 0 Å². The lowest BCUT2D eigenvalue weighted by Gasteiger charge is -2.54. The van der Waals surface area contributed by atoms with Gasteiger partial charge in [0, 0.05) is 17.6 Å². The van der Waals surface area contributed by atoms with Crippen LogP contribution in [0.2, 0.25) is 0 Å². The van der Waals surface area contributed by atoms with Crippen LogP contribution >= 0.6 is 0 Å². The van der Waals surface area contributed by atoms with Gasteiger partial charge in [-0.15, -0.1) is 0 Å². The second-order valence-electron chi connectivity index (χ2n) is 11.7. The molecule has 0 N–H and O–H groups in total. The molecule has 33 heavy (non-hydrogen) atoms. The Bertz CT molecular complexity index is 1240. The molecule has 1 saturated carbocycles. The second-order valence-corrected chi connectivity index (χ2v) is 11.7. The van der Waals surface area contributed by atoms with Crippen molar-refractivity contribution < 1.29 is 4.74 Å². The molecular weight excluding hydrogens is 404 g/mol. The van der Waals surface area contributed by atoms with Crippen LogP contribution in [0.5, 0.6) is 0 Å². The first-order valence-corrected chi connectivity index (χ1v) is 12.8. The zero-order valence-corrected chi connectivity index (χ0v) is 20.1. The Morgan fingerprint density at radius 2 is 2.00 bits per heavy atom. The summed E-state index contributed by atoms with van der Waals surface area (Å²) in [5.41, 5.74) is 5.52. The van der Waals surface area contributed by atoms with Gasteiger partial charge in [-0.25, -0.2) is 0 Å². The summed E-state index contributed by atoms with van der Waals surface area (Å²) >= 11 is 0. The lowest BCUT2D eigenvalue weighted by molar-refractivity contribution is -0.132. The van der Waals surface area contributed by atoms with Gasteiger partial charge in [0.05, 0.1) is 16.7 Å². The SMILES string of the molecule is CN(C)[C@@H]1C=CC2=CC3=CC[C@]4(C)[C@@H](c5ccc6cccnc6c5)CC[C@H]4[C@@]34CC[C@]2(C1)O4. The first-order chi connectivity index (χ1) is 15.9. The first kappa shape index (κ1) is 20.2. The van der Waals surface area contributed by atoms with Gasteiger partial charge in [-0.3, -0.25) is 4.98 Å². The summed E-state index contributed by atoms with van der Waals surface area (Å²) in [5.74, 6) is 1.14. The lowest BCUT2D eigenvalue weighted by Crippen LogP contribution is -2.54. The van der Waals surface area contributed by atoms with Crippen LogP contribution in [0.15, 0.2) is 72.0 Å². The van der Waals surface area contributed by atoms with Crippen LogP contribution in [-0.4, -0.2) is 41.2 Å². The molecule has 3 aliphatic carbocycles. The van der Waals surface area contributed by atoms with Gasteiger partial charge >= 0.3 is 0 Å². The molecule has 0 unspecified atom stereocenters. The van der Waals surface area contributed by atoms with Gasteiger partial charge in [0.2, 0.25) is 0 Å². The molecule has 3 nitrogen and oxygen atoms in total. The number of rotatable bonds is 2. The molecular formula is C30H34N2O. The highest BCUT2D eigenvalue weighted by molar-refractivity contribution is 5.79. The number of aromatic nitrogens is 1. The number of hydrogen-bond donors (Lipinski definition) is 0. The topological polar surface area (TPSA) is 25.4 Å². The van der Waals surface area contributed by atoms with E-state index in [1.807, 2.05) is 12.3 Å². The maximum Gasteiger partial charge on any atom is 0.0975 e. The number of ether oxygens (including phenoxy) is 1. The Balaban J connectivity index is 1.29. The molecule has 2 fully saturated rings. The predicted molar refractivity (Wildman–Crippen MR) is 133 cm³/mol. The van der Waals surface area contributed by atoms with Crippen LogP contribution < -0.4 is 0 Å². The number of benzene rings is 1. The van der Waals surface area contributed by atoms with Crippen molar-refractivity contribution in [1.29, 1.82) is 0 Å². The standard InChI is InChI=1S/C30H34N2O/c1-28-13-12-23-18-22-8-9-24(32(2)3)19-29(22)14-15-30(23,33-29)27(28)11-10-25(28)21-7-6-20-5-4-16-31-26(20)17-21/h4-9,12,16-18,24-25,27H,10-11,13-15,19H2,1-3H3/t24-,25-,27-,28-,29-,30-/m1/s1. The van der Waals surface area contributed by atoms with E-state index >= 15 is 0 Å². The van der Waals surface area contributed by atoms with Gasteiger partial charge < -0.3 is 9.64 Å². The minimum absolute atomic E-state index is 0.0930. The molecule has 1 saturated heterocycles. The number of fused-ring (bicyclic) bond motifs is 2. The molecule has 0 amide bonds. The Hall–Kier alpha value is -2.23. The van der Waals surface area contributed by atoms with Gasteiger partial charge in [-0.05, 0) is 98.7 Å². The summed E-state index contributed by atoms with van der Waals surface area (Å²) in [6.07, 6.45) is 18.8. The summed E-state index contributed by atoms with van der Waals surface area (Å²) in [5, 5.41) is 1.23. The summed E-state index contributed by atoms with van der Waals surface area (Å²) in [6, 6.07) is 11.6. The van der Waals surface area contributed by atoms with Crippen molar-refractivity contribution >= 4 is 10.9 Å². The van der Waals surface area contributed by atoms with E-state index in [1.165, 1.54) is 41.4 Å². The molecule has 1 aromatic heterocycles. The van der Waals surface area contributed by atoms with E-state index in [9.17, 15) is 0 Å². The third-order valence-corrected chi connectivity index (χ3v) is 10.00. The molecule has 2 spiro atoms. The number of hydrogen-bond acceptors (Lipinski definition) is 3. The van der Waals surface area contributed by atoms with Crippen molar-refractivity contribution in [3.63, 3.8) is 0 Å². The Morgan fingerprint density at radius 1 is 1.09 bits per heavy atom. The van der Waals surface area contributed by atoms with E-state index in [4.69, 9.17) is 4.74 Å². The number of nitrogens with zero attached hydrogens (tertiary/aromatic N) is 2.